The first-order chi connectivity index (χ1) is 6.96. The SMILES string of the molecule is C/C=C/c1ccccc1C(C)[Si](C)(C)C. The summed E-state index contributed by atoms with van der Waals surface area (Å²) in [5.74, 6) is 0. The van der Waals surface area contributed by atoms with Crippen LogP contribution in [0.5, 0.6) is 0 Å². The average Bonchev–Trinajstić information content (AvgIpc) is 2.17. The summed E-state index contributed by atoms with van der Waals surface area (Å²) in [7, 11) is -1.10. The zero-order chi connectivity index (χ0) is 11.5. The van der Waals surface area contributed by atoms with Crippen molar-refractivity contribution in [3.8, 4) is 0 Å². The summed E-state index contributed by atoms with van der Waals surface area (Å²) in [5, 5.41) is 0. The van der Waals surface area contributed by atoms with Crippen LogP contribution in [0.3, 0.4) is 0 Å². The molecule has 0 saturated carbocycles. The summed E-state index contributed by atoms with van der Waals surface area (Å²) < 4.78 is 0. The largest absolute Gasteiger partial charge is 0.0871 e. The summed E-state index contributed by atoms with van der Waals surface area (Å²) in [6.07, 6.45) is 4.34. The van der Waals surface area contributed by atoms with Gasteiger partial charge in [0.15, 0.2) is 0 Å². The molecule has 0 N–H and O–H groups in total. The first-order valence-electron chi connectivity index (χ1n) is 5.68. The predicted molar refractivity (Wildman–Crippen MR) is 72.9 cm³/mol. The first kappa shape index (κ1) is 12.2. The van der Waals surface area contributed by atoms with Crippen LogP contribution in [0.4, 0.5) is 0 Å². The summed E-state index contributed by atoms with van der Waals surface area (Å²) >= 11 is 0. The van der Waals surface area contributed by atoms with Crippen LogP contribution in [0.2, 0.25) is 19.6 Å². The molecule has 82 valence electrons. The van der Waals surface area contributed by atoms with E-state index in [0.717, 1.165) is 0 Å². The highest BCUT2D eigenvalue weighted by Crippen LogP contribution is 2.29. The van der Waals surface area contributed by atoms with Crippen LogP contribution in [-0.2, 0) is 0 Å². The van der Waals surface area contributed by atoms with Crippen LogP contribution < -0.4 is 0 Å². The highest BCUT2D eigenvalue weighted by Gasteiger charge is 2.24. The minimum atomic E-state index is -1.10. The van der Waals surface area contributed by atoms with Gasteiger partial charge in [0, 0.05) is 0 Å². The predicted octanol–water partition coefficient (Wildman–Crippen LogP) is 4.70. The molecule has 1 aromatic rings. The minimum absolute atomic E-state index is 0.713. The summed E-state index contributed by atoms with van der Waals surface area (Å²) in [6.45, 7) is 11.8. The standard InChI is InChI=1S/C14H22Si/c1-6-9-13-10-7-8-11-14(13)12(2)15(3,4)5/h6-12H,1-5H3/b9-6+. The van der Waals surface area contributed by atoms with Crippen molar-refractivity contribution in [2.24, 2.45) is 0 Å². The van der Waals surface area contributed by atoms with Gasteiger partial charge in [0.25, 0.3) is 0 Å². The second-order valence-electron chi connectivity index (χ2n) is 5.22. The lowest BCUT2D eigenvalue weighted by Gasteiger charge is -2.27. The molecule has 1 rings (SSSR count). The third-order valence-corrected chi connectivity index (χ3v) is 6.02. The van der Waals surface area contributed by atoms with Crippen molar-refractivity contribution in [1.29, 1.82) is 0 Å². The smallest absolute Gasteiger partial charge is 0.0518 e. The van der Waals surface area contributed by atoms with Crippen molar-refractivity contribution in [3.05, 3.63) is 41.5 Å². The molecule has 0 aromatic heterocycles. The Kier molecular flexibility index (Phi) is 3.92. The molecule has 0 amide bonds. The molecule has 0 radical (unpaired) electrons. The molecular formula is C14H22Si. The van der Waals surface area contributed by atoms with E-state index in [1.165, 1.54) is 11.1 Å². The molecule has 0 aliphatic heterocycles. The second-order valence-corrected chi connectivity index (χ2v) is 10.8. The molecule has 0 saturated heterocycles. The summed E-state index contributed by atoms with van der Waals surface area (Å²) in [4.78, 5) is 0. The highest BCUT2D eigenvalue weighted by atomic mass is 28.3. The van der Waals surface area contributed by atoms with Gasteiger partial charge in [-0.25, -0.2) is 0 Å². The van der Waals surface area contributed by atoms with Crippen molar-refractivity contribution in [2.75, 3.05) is 0 Å². The van der Waals surface area contributed by atoms with Gasteiger partial charge in [-0.2, -0.15) is 0 Å². The number of hydrogen-bond acceptors (Lipinski definition) is 0. The van der Waals surface area contributed by atoms with Gasteiger partial charge < -0.3 is 0 Å². The van der Waals surface area contributed by atoms with Gasteiger partial charge in [-0.3, -0.25) is 0 Å². The Morgan fingerprint density at radius 1 is 1.13 bits per heavy atom. The molecule has 15 heavy (non-hydrogen) atoms. The maximum atomic E-state index is 2.43. The van der Waals surface area contributed by atoms with E-state index >= 15 is 0 Å². The minimum Gasteiger partial charge on any atom is -0.0871 e. The maximum absolute atomic E-state index is 2.43. The number of allylic oxidation sites excluding steroid dienone is 1. The van der Waals surface area contributed by atoms with Crippen LogP contribution in [0, 0.1) is 0 Å². The topological polar surface area (TPSA) is 0 Å². The van der Waals surface area contributed by atoms with Crippen molar-refractivity contribution in [3.63, 3.8) is 0 Å². The van der Waals surface area contributed by atoms with E-state index in [4.69, 9.17) is 0 Å². The Morgan fingerprint density at radius 3 is 2.27 bits per heavy atom. The molecule has 0 heterocycles. The Bertz CT molecular complexity index is 345. The lowest BCUT2D eigenvalue weighted by Crippen LogP contribution is -2.29. The van der Waals surface area contributed by atoms with Gasteiger partial charge in [-0.05, 0) is 23.6 Å². The third kappa shape index (κ3) is 3.06. The Hall–Kier alpha value is -0.823. The van der Waals surface area contributed by atoms with Gasteiger partial charge >= 0.3 is 0 Å². The molecule has 1 aromatic carbocycles. The average molecular weight is 218 g/mol. The highest BCUT2D eigenvalue weighted by molar-refractivity contribution is 6.77. The Balaban J connectivity index is 3.13. The summed E-state index contributed by atoms with van der Waals surface area (Å²) in [5.41, 5.74) is 3.61. The fraction of sp³-hybridized carbons (Fsp3) is 0.429. The molecule has 1 atom stereocenters. The zero-order valence-corrected chi connectivity index (χ0v) is 11.5. The van der Waals surface area contributed by atoms with E-state index in [9.17, 15) is 0 Å². The molecule has 0 spiro atoms. The molecular weight excluding hydrogens is 196 g/mol. The quantitative estimate of drug-likeness (QED) is 0.645. The van der Waals surface area contributed by atoms with Crippen LogP contribution >= 0.6 is 0 Å². The first-order valence-corrected chi connectivity index (χ1v) is 9.26. The number of benzene rings is 1. The molecule has 0 bridgehead atoms. The summed E-state index contributed by atoms with van der Waals surface area (Å²) in [6, 6.07) is 8.76. The third-order valence-electron chi connectivity index (χ3n) is 3.11. The van der Waals surface area contributed by atoms with E-state index in [0.29, 0.717) is 5.54 Å². The van der Waals surface area contributed by atoms with E-state index in [2.05, 4.69) is 69.9 Å². The van der Waals surface area contributed by atoms with Gasteiger partial charge in [0.2, 0.25) is 0 Å². The van der Waals surface area contributed by atoms with Crippen LogP contribution in [0.1, 0.15) is 30.5 Å². The monoisotopic (exact) mass is 218 g/mol. The molecule has 1 unspecified atom stereocenters. The van der Waals surface area contributed by atoms with E-state index in [-0.39, 0.29) is 0 Å². The lowest BCUT2D eigenvalue weighted by molar-refractivity contribution is 1.01. The van der Waals surface area contributed by atoms with Crippen molar-refractivity contribution in [1.82, 2.24) is 0 Å². The van der Waals surface area contributed by atoms with E-state index in [1.54, 1.807) is 0 Å². The maximum Gasteiger partial charge on any atom is 0.0518 e. The van der Waals surface area contributed by atoms with Crippen LogP contribution in [-0.4, -0.2) is 8.07 Å². The second kappa shape index (κ2) is 4.80. The molecule has 1 heteroatoms. The van der Waals surface area contributed by atoms with Crippen molar-refractivity contribution < 1.29 is 0 Å². The molecule has 0 aliphatic rings. The lowest BCUT2D eigenvalue weighted by atomic mass is 10.0. The normalized spacial score (nSPS) is 14.5. The van der Waals surface area contributed by atoms with Gasteiger partial charge in [0.05, 0.1) is 8.07 Å². The number of hydrogen-bond donors (Lipinski definition) is 0. The van der Waals surface area contributed by atoms with E-state index < -0.39 is 8.07 Å². The van der Waals surface area contributed by atoms with Crippen molar-refractivity contribution >= 4 is 14.1 Å². The van der Waals surface area contributed by atoms with Gasteiger partial charge in [-0.1, -0.05) is 63.0 Å². The molecule has 0 fully saturated rings. The van der Waals surface area contributed by atoms with Crippen LogP contribution in [0.25, 0.3) is 6.08 Å². The fourth-order valence-electron chi connectivity index (χ4n) is 1.70. The Labute approximate surface area is 95.0 Å². The van der Waals surface area contributed by atoms with Crippen LogP contribution in [0.15, 0.2) is 30.3 Å². The van der Waals surface area contributed by atoms with Crippen molar-refractivity contribution in [2.45, 2.75) is 39.0 Å². The fourth-order valence-corrected chi connectivity index (χ4v) is 2.90. The van der Waals surface area contributed by atoms with E-state index in [1.807, 2.05) is 0 Å². The van der Waals surface area contributed by atoms with Gasteiger partial charge in [-0.15, -0.1) is 0 Å². The zero-order valence-electron chi connectivity index (χ0n) is 10.5. The Morgan fingerprint density at radius 2 is 1.73 bits per heavy atom. The van der Waals surface area contributed by atoms with Gasteiger partial charge in [0.1, 0.15) is 0 Å². The number of rotatable bonds is 3. The molecule has 0 aliphatic carbocycles. The molecule has 0 nitrogen and oxygen atoms in total.